The summed E-state index contributed by atoms with van der Waals surface area (Å²) < 4.78 is 2.19. The van der Waals surface area contributed by atoms with Gasteiger partial charge in [0, 0.05) is 18.7 Å². The summed E-state index contributed by atoms with van der Waals surface area (Å²) in [6.07, 6.45) is 7.96. The van der Waals surface area contributed by atoms with Gasteiger partial charge in [-0.3, -0.25) is 0 Å². The number of nitrogens with two attached hydrogens (primary N) is 1. The summed E-state index contributed by atoms with van der Waals surface area (Å²) in [6, 6.07) is 15.2. The standard InChI is InChI=1S/C20H27N4P/c1-23-22-20(21)19-10-9-18(24(19)23)17-8-7-15(13-17)11-12-25-14-16-5-3-2-4-6-16/h2-6,9-10,15,17,25H,7-8,11-14H2,1H3,(H2,21,22). The Hall–Kier alpha value is -1.80. The Balaban J connectivity index is 1.31. The molecule has 0 amide bonds. The van der Waals surface area contributed by atoms with Gasteiger partial charge in [0.1, 0.15) is 5.52 Å². The van der Waals surface area contributed by atoms with Gasteiger partial charge < -0.3 is 5.73 Å². The van der Waals surface area contributed by atoms with Gasteiger partial charge in [-0.2, -0.15) is 0 Å². The van der Waals surface area contributed by atoms with Crippen molar-refractivity contribution in [3.8, 4) is 0 Å². The molecule has 132 valence electrons. The largest absolute Gasteiger partial charge is 0.380 e. The maximum absolute atomic E-state index is 5.99. The van der Waals surface area contributed by atoms with Gasteiger partial charge in [-0.1, -0.05) is 30.3 Å². The molecule has 1 aromatic carbocycles. The van der Waals surface area contributed by atoms with E-state index in [1.54, 1.807) is 0 Å². The molecule has 1 aliphatic carbocycles. The molecule has 4 nitrogen and oxygen atoms in total. The number of fused-ring (bicyclic) bond motifs is 1. The highest BCUT2D eigenvalue weighted by molar-refractivity contribution is 7.37. The van der Waals surface area contributed by atoms with E-state index >= 15 is 0 Å². The van der Waals surface area contributed by atoms with E-state index in [-0.39, 0.29) is 0 Å². The molecule has 5 heteroatoms. The molecule has 0 radical (unpaired) electrons. The SMILES string of the molecule is Cn1nc(N)c2ccc(C3CCC(CCPCc4ccccc4)C3)n21. The minimum atomic E-state index is 0.630. The summed E-state index contributed by atoms with van der Waals surface area (Å²) in [5.41, 5.74) is 9.91. The average molecular weight is 354 g/mol. The first-order valence-corrected chi connectivity index (χ1v) is 10.7. The number of hydrogen-bond donors (Lipinski definition) is 1. The number of aromatic nitrogens is 3. The number of aryl methyl sites for hydroxylation is 1. The van der Waals surface area contributed by atoms with Crippen LogP contribution in [0.4, 0.5) is 5.82 Å². The quantitative estimate of drug-likeness (QED) is 0.527. The van der Waals surface area contributed by atoms with Gasteiger partial charge in [-0.15, -0.1) is 13.7 Å². The van der Waals surface area contributed by atoms with Crippen molar-refractivity contribution in [3.05, 3.63) is 53.7 Å². The lowest BCUT2D eigenvalue weighted by molar-refractivity contribution is 0.511. The van der Waals surface area contributed by atoms with Crippen LogP contribution in [-0.2, 0) is 13.2 Å². The van der Waals surface area contributed by atoms with E-state index < -0.39 is 0 Å². The molecule has 0 spiro atoms. The van der Waals surface area contributed by atoms with Crippen LogP contribution in [0.2, 0.25) is 0 Å². The first-order chi connectivity index (χ1) is 12.2. The molecule has 3 atom stereocenters. The monoisotopic (exact) mass is 354 g/mol. The Morgan fingerprint density at radius 2 is 2.00 bits per heavy atom. The zero-order chi connectivity index (χ0) is 17.2. The fraction of sp³-hybridized carbons (Fsp3) is 0.450. The Bertz CT molecular complexity index is 836. The van der Waals surface area contributed by atoms with Gasteiger partial charge >= 0.3 is 0 Å². The van der Waals surface area contributed by atoms with E-state index in [1.807, 2.05) is 11.8 Å². The minimum Gasteiger partial charge on any atom is -0.380 e. The van der Waals surface area contributed by atoms with Gasteiger partial charge in [0.05, 0.1) is 0 Å². The molecular weight excluding hydrogens is 327 g/mol. The van der Waals surface area contributed by atoms with Gasteiger partial charge in [0.25, 0.3) is 0 Å². The molecular formula is C20H27N4P. The fourth-order valence-corrected chi connectivity index (χ4v) is 5.58. The molecule has 3 aromatic rings. The second-order valence-electron chi connectivity index (χ2n) is 7.26. The van der Waals surface area contributed by atoms with E-state index in [0.29, 0.717) is 11.7 Å². The van der Waals surface area contributed by atoms with Crippen LogP contribution < -0.4 is 5.73 Å². The maximum atomic E-state index is 5.99. The van der Waals surface area contributed by atoms with E-state index in [2.05, 4.69) is 52.1 Å². The second-order valence-corrected chi connectivity index (χ2v) is 8.61. The third-order valence-electron chi connectivity index (χ3n) is 5.55. The summed E-state index contributed by atoms with van der Waals surface area (Å²) >= 11 is 0. The molecule has 0 aliphatic heterocycles. The smallest absolute Gasteiger partial charge is 0.171 e. The zero-order valence-electron chi connectivity index (χ0n) is 14.9. The van der Waals surface area contributed by atoms with Crippen molar-refractivity contribution in [3.63, 3.8) is 0 Å². The first kappa shape index (κ1) is 16.7. The van der Waals surface area contributed by atoms with Gasteiger partial charge in [-0.05, 0) is 61.6 Å². The molecule has 1 saturated carbocycles. The van der Waals surface area contributed by atoms with E-state index in [9.17, 15) is 0 Å². The highest BCUT2D eigenvalue weighted by Crippen LogP contribution is 2.41. The third kappa shape index (κ3) is 3.46. The lowest BCUT2D eigenvalue weighted by Crippen LogP contribution is -2.07. The van der Waals surface area contributed by atoms with Crippen molar-refractivity contribution in [1.29, 1.82) is 0 Å². The number of anilines is 1. The molecule has 0 saturated heterocycles. The average Bonchev–Trinajstić information content (AvgIpc) is 3.31. The fourth-order valence-electron chi connectivity index (χ4n) is 4.26. The van der Waals surface area contributed by atoms with Crippen molar-refractivity contribution in [2.24, 2.45) is 13.0 Å². The van der Waals surface area contributed by atoms with Crippen LogP contribution in [0.25, 0.3) is 5.52 Å². The summed E-state index contributed by atoms with van der Waals surface area (Å²) in [5.74, 6) is 2.16. The molecule has 1 aliphatic rings. The Morgan fingerprint density at radius 3 is 2.84 bits per heavy atom. The summed E-state index contributed by atoms with van der Waals surface area (Å²) in [7, 11) is 3.03. The Labute approximate surface area is 151 Å². The minimum absolute atomic E-state index is 0.630. The molecule has 2 N–H and O–H groups in total. The van der Waals surface area contributed by atoms with Crippen LogP contribution in [0, 0.1) is 5.92 Å². The highest BCUT2D eigenvalue weighted by atomic mass is 31.1. The topological polar surface area (TPSA) is 48.2 Å². The van der Waals surface area contributed by atoms with Crippen LogP contribution in [0.5, 0.6) is 0 Å². The van der Waals surface area contributed by atoms with Crippen molar-refractivity contribution < 1.29 is 0 Å². The lowest BCUT2D eigenvalue weighted by atomic mass is 10.0. The molecule has 3 unspecified atom stereocenters. The zero-order valence-corrected chi connectivity index (χ0v) is 15.9. The molecule has 1 fully saturated rings. The van der Waals surface area contributed by atoms with E-state index in [1.165, 1.54) is 49.3 Å². The summed E-state index contributed by atoms with van der Waals surface area (Å²) in [5, 5.41) is 4.35. The normalized spacial score (nSPS) is 21.0. The summed E-state index contributed by atoms with van der Waals surface area (Å²) in [4.78, 5) is 1.88. The van der Waals surface area contributed by atoms with Crippen LogP contribution in [-0.4, -0.2) is 20.6 Å². The Morgan fingerprint density at radius 1 is 1.16 bits per heavy atom. The van der Waals surface area contributed by atoms with Crippen LogP contribution in [0.3, 0.4) is 0 Å². The molecule has 2 heterocycles. The van der Waals surface area contributed by atoms with E-state index in [4.69, 9.17) is 5.73 Å². The van der Waals surface area contributed by atoms with Gasteiger partial charge in [0.2, 0.25) is 0 Å². The first-order valence-electron chi connectivity index (χ1n) is 9.27. The molecule has 2 aromatic heterocycles. The lowest BCUT2D eigenvalue weighted by Gasteiger charge is -2.12. The predicted octanol–water partition coefficient (Wildman–Crippen LogP) is 4.41. The second kappa shape index (κ2) is 7.21. The highest BCUT2D eigenvalue weighted by Gasteiger charge is 2.28. The van der Waals surface area contributed by atoms with Gasteiger partial charge in [0.15, 0.2) is 5.82 Å². The summed E-state index contributed by atoms with van der Waals surface area (Å²) in [6.45, 7) is 0. The number of nitrogens with zero attached hydrogens (tertiary/aromatic N) is 3. The predicted molar refractivity (Wildman–Crippen MR) is 107 cm³/mol. The van der Waals surface area contributed by atoms with Crippen molar-refractivity contribution in [2.75, 3.05) is 11.9 Å². The number of rotatable bonds is 6. The van der Waals surface area contributed by atoms with Crippen LogP contribution in [0.1, 0.15) is 42.9 Å². The Kier molecular flexibility index (Phi) is 4.80. The van der Waals surface area contributed by atoms with Crippen molar-refractivity contribution in [1.82, 2.24) is 14.4 Å². The molecule has 0 bridgehead atoms. The maximum Gasteiger partial charge on any atom is 0.171 e. The molecule has 4 rings (SSSR count). The van der Waals surface area contributed by atoms with Crippen LogP contribution >= 0.6 is 8.58 Å². The number of benzene rings is 1. The van der Waals surface area contributed by atoms with E-state index in [0.717, 1.165) is 20.0 Å². The third-order valence-corrected chi connectivity index (χ3v) is 6.85. The molecule has 25 heavy (non-hydrogen) atoms. The van der Waals surface area contributed by atoms with Crippen molar-refractivity contribution in [2.45, 2.75) is 37.8 Å². The van der Waals surface area contributed by atoms with Crippen molar-refractivity contribution >= 4 is 19.9 Å². The van der Waals surface area contributed by atoms with Gasteiger partial charge in [-0.25, -0.2) is 9.31 Å². The number of hydrogen-bond acceptors (Lipinski definition) is 2. The number of nitrogen functional groups attached to an aromatic ring is 1. The van der Waals surface area contributed by atoms with Crippen LogP contribution in [0.15, 0.2) is 42.5 Å².